The number of hydrogen-bond donors (Lipinski definition) is 1. The van der Waals surface area contributed by atoms with E-state index in [1.165, 1.54) is 38.2 Å². The molecule has 1 aliphatic heterocycles. The van der Waals surface area contributed by atoms with Crippen molar-refractivity contribution in [3.05, 3.63) is 47.5 Å². The quantitative estimate of drug-likeness (QED) is 0.705. The third-order valence-electron chi connectivity index (χ3n) is 6.19. The van der Waals surface area contributed by atoms with Crippen molar-refractivity contribution < 1.29 is 9.18 Å². The molecule has 5 rings (SSSR count). The monoisotopic (exact) mass is 390 g/mol. The third-order valence-corrected chi connectivity index (χ3v) is 6.19. The minimum atomic E-state index is -0.541. The van der Waals surface area contributed by atoms with Gasteiger partial charge in [-0.15, -0.1) is 0 Å². The number of rotatable bonds is 4. The highest BCUT2D eigenvalue weighted by Crippen LogP contribution is 2.41. The van der Waals surface area contributed by atoms with Crippen LogP contribution in [0.25, 0.3) is 22.2 Å². The van der Waals surface area contributed by atoms with Gasteiger partial charge >= 0.3 is 0 Å². The number of halogens is 1. The number of imidazole rings is 1. The van der Waals surface area contributed by atoms with Crippen LogP contribution >= 0.6 is 0 Å². The van der Waals surface area contributed by atoms with Crippen LogP contribution in [0.1, 0.15) is 49.3 Å². The van der Waals surface area contributed by atoms with Crippen LogP contribution in [0.2, 0.25) is 0 Å². The van der Waals surface area contributed by atoms with Gasteiger partial charge in [0.25, 0.3) is 0 Å². The first-order valence-electron chi connectivity index (χ1n) is 10.2. The van der Waals surface area contributed by atoms with Crippen LogP contribution in [0.4, 0.5) is 10.1 Å². The maximum atomic E-state index is 14.8. The number of nitrogens with two attached hydrogens (primary N) is 1. The number of carbonyl (C=O) groups is 1. The van der Waals surface area contributed by atoms with E-state index in [4.69, 9.17) is 5.73 Å². The highest BCUT2D eigenvalue weighted by molar-refractivity contribution is 5.92. The summed E-state index contributed by atoms with van der Waals surface area (Å²) < 4.78 is 17.1. The lowest BCUT2D eigenvalue weighted by Crippen LogP contribution is -2.16. The predicted octanol–water partition coefficient (Wildman–Crippen LogP) is 4.63. The van der Waals surface area contributed by atoms with Crippen molar-refractivity contribution in [2.45, 2.75) is 51.0 Å². The van der Waals surface area contributed by atoms with E-state index in [9.17, 15) is 9.18 Å². The number of nitrogens with zero attached hydrogens (tertiary/aromatic N) is 3. The van der Waals surface area contributed by atoms with Crippen molar-refractivity contribution in [1.29, 1.82) is 0 Å². The van der Waals surface area contributed by atoms with E-state index in [1.807, 2.05) is 18.5 Å². The second-order valence-corrected chi connectivity index (χ2v) is 8.02. The number of aliphatic imine (C=N–C) groups is 1. The molecular weight excluding hydrogens is 367 g/mol. The molecule has 0 saturated heterocycles. The van der Waals surface area contributed by atoms with Crippen molar-refractivity contribution >= 4 is 28.8 Å². The summed E-state index contributed by atoms with van der Waals surface area (Å²) in [5, 5.41) is 0. The summed E-state index contributed by atoms with van der Waals surface area (Å²) in [5.74, 6) is -0.948. The van der Waals surface area contributed by atoms with Crippen LogP contribution < -0.4 is 5.73 Å². The Balaban J connectivity index is 1.58. The fourth-order valence-corrected chi connectivity index (χ4v) is 4.76. The normalized spacial score (nSPS) is 16.4. The molecule has 0 bridgehead atoms. The maximum Gasteiger partial charge on any atom is 0.221 e. The smallest absolute Gasteiger partial charge is 0.221 e. The van der Waals surface area contributed by atoms with E-state index in [0.717, 1.165) is 33.4 Å². The van der Waals surface area contributed by atoms with Crippen molar-refractivity contribution in [2.75, 3.05) is 0 Å². The van der Waals surface area contributed by atoms with Gasteiger partial charge < -0.3 is 10.3 Å². The average molecular weight is 390 g/mol. The molecule has 1 amide bonds. The van der Waals surface area contributed by atoms with Gasteiger partial charge in [-0.25, -0.2) is 9.37 Å². The molecule has 6 heteroatoms. The van der Waals surface area contributed by atoms with Gasteiger partial charge in [0, 0.05) is 29.8 Å². The molecule has 2 aromatic carbocycles. The Morgan fingerprint density at radius 2 is 2.03 bits per heavy atom. The van der Waals surface area contributed by atoms with Gasteiger partial charge in [0.05, 0.1) is 29.5 Å². The Morgan fingerprint density at radius 3 is 2.83 bits per heavy atom. The summed E-state index contributed by atoms with van der Waals surface area (Å²) in [4.78, 5) is 20.5. The van der Waals surface area contributed by atoms with Gasteiger partial charge in [-0.2, -0.15) is 0 Å². The molecule has 148 valence electrons. The molecule has 0 unspecified atom stereocenters. The second-order valence-electron chi connectivity index (χ2n) is 8.02. The Labute approximate surface area is 168 Å². The van der Waals surface area contributed by atoms with Crippen LogP contribution in [0.15, 0.2) is 35.6 Å². The van der Waals surface area contributed by atoms with E-state index < -0.39 is 11.7 Å². The van der Waals surface area contributed by atoms with Crippen molar-refractivity contribution in [1.82, 2.24) is 9.55 Å². The molecule has 1 aromatic heterocycles. The molecule has 2 N–H and O–H groups in total. The molecule has 29 heavy (non-hydrogen) atoms. The molecule has 0 atom stereocenters. The molecule has 1 saturated carbocycles. The summed E-state index contributed by atoms with van der Waals surface area (Å²) in [7, 11) is 0. The number of carbonyl (C=O) groups excluding carboxylic acids is 1. The zero-order chi connectivity index (χ0) is 20.0. The van der Waals surface area contributed by atoms with Crippen LogP contribution in [0, 0.1) is 5.82 Å². The fraction of sp³-hybridized carbons (Fsp3) is 0.348. The van der Waals surface area contributed by atoms with Gasteiger partial charge in [0.1, 0.15) is 5.82 Å². The predicted molar refractivity (Wildman–Crippen MR) is 112 cm³/mol. The van der Waals surface area contributed by atoms with Gasteiger partial charge in [-0.05, 0) is 42.2 Å². The Bertz CT molecular complexity index is 1140. The average Bonchev–Trinajstić information content (AvgIpc) is 3.37. The standard InChI is InChI=1S/C23H23FN4O/c24-19-11-17(23-16(8-9-26-23)18(19)12-22(25)29)14-6-7-21-20(10-14)27-13-28(21)15-4-2-1-3-5-15/h6-7,9-11,13,15H,1-5,8,12H2,(H2,25,29). The third kappa shape index (κ3) is 3.12. The van der Waals surface area contributed by atoms with Crippen LogP contribution in [-0.4, -0.2) is 21.7 Å². The highest BCUT2D eigenvalue weighted by atomic mass is 19.1. The van der Waals surface area contributed by atoms with Crippen molar-refractivity contribution in [2.24, 2.45) is 10.7 Å². The molecule has 1 aliphatic carbocycles. The minimum Gasteiger partial charge on any atom is -0.369 e. The summed E-state index contributed by atoms with van der Waals surface area (Å²) in [6.07, 6.45) is 10.3. The number of primary amides is 1. The summed E-state index contributed by atoms with van der Waals surface area (Å²) in [5.41, 5.74) is 10.8. The topological polar surface area (TPSA) is 73.3 Å². The van der Waals surface area contributed by atoms with Crippen molar-refractivity contribution in [3.8, 4) is 11.1 Å². The first kappa shape index (κ1) is 18.0. The molecule has 0 radical (unpaired) electrons. The van der Waals surface area contributed by atoms with Gasteiger partial charge in [-0.1, -0.05) is 25.3 Å². The van der Waals surface area contributed by atoms with E-state index in [1.54, 1.807) is 6.21 Å². The van der Waals surface area contributed by atoms with Crippen LogP contribution in [-0.2, 0) is 17.6 Å². The zero-order valence-corrected chi connectivity index (χ0v) is 16.2. The summed E-state index contributed by atoms with van der Waals surface area (Å²) in [6, 6.07) is 8.08. The highest BCUT2D eigenvalue weighted by Gasteiger charge is 2.23. The van der Waals surface area contributed by atoms with E-state index in [-0.39, 0.29) is 6.42 Å². The Kier molecular flexibility index (Phi) is 4.42. The van der Waals surface area contributed by atoms with E-state index >= 15 is 0 Å². The molecular formula is C23H23FN4O. The van der Waals surface area contributed by atoms with E-state index in [2.05, 4.69) is 20.6 Å². The van der Waals surface area contributed by atoms with Gasteiger partial charge in [0.15, 0.2) is 0 Å². The first-order chi connectivity index (χ1) is 14.1. The molecule has 1 fully saturated rings. The largest absolute Gasteiger partial charge is 0.369 e. The lowest BCUT2D eigenvalue weighted by Gasteiger charge is -2.23. The number of benzene rings is 2. The Morgan fingerprint density at radius 1 is 1.21 bits per heavy atom. The minimum absolute atomic E-state index is 0.108. The second kappa shape index (κ2) is 7.10. The SMILES string of the molecule is NC(=O)Cc1c(F)cc(-c2ccc3c(c2)ncn3C2CCCCC2)c2c1CC=N2. The maximum absolute atomic E-state index is 14.8. The van der Waals surface area contributed by atoms with Crippen LogP contribution in [0.3, 0.4) is 0 Å². The van der Waals surface area contributed by atoms with E-state index in [0.29, 0.717) is 18.0 Å². The molecule has 2 aliphatic rings. The molecule has 3 aromatic rings. The number of hydrogen-bond acceptors (Lipinski definition) is 3. The first-order valence-corrected chi connectivity index (χ1v) is 10.2. The molecule has 5 nitrogen and oxygen atoms in total. The zero-order valence-electron chi connectivity index (χ0n) is 16.2. The number of fused-ring (bicyclic) bond motifs is 2. The van der Waals surface area contributed by atoms with Gasteiger partial charge in [-0.3, -0.25) is 9.79 Å². The number of amides is 1. The molecule has 2 heterocycles. The van der Waals surface area contributed by atoms with Crippen molar-refractivity contribution in [3.63, 3.8) is 0 Å². The fourth-order valence-electron chi connectivity index (χ4n) is 4.76. The summed E-state index contributed by atoms with van der Waals surface area (Å²) >= 11 is 0. The van der Waals surface area contributed by atoms with Gasteiger partial charge in [0.2, 0.25) is 5.91 Å². The summed E-state index contributed by atoms with van der Waals surface area (Å²) in [6.45, 7) is 0. The number of aromatic nitrogens is 2. The Hall–Kier alpha value is -3.02. The lowest BCUT2D eigenvalue weighted by molar-refractivity contribution is -0.117. The van der Waals surface area contributed by atoms with Crippen LogP contribution in [0.5, 0.6) is 0 Å². The lowest BCUT2D eigenvalue weighted by atomic mass is 9.93. The molecule has 0 spiro atoms.